The monoisotopic (exact) mass is 287 g/mol. The fraction of sp³-hybridized carbons (Fsp3) is 0.214. The van der Waals surface area contributed by atoms with Crippen molar-refractivity contribution >= 4 is 28.8 Å². The van der Waals surface area contributed by atoms with Gasteiger partial charge in [0.15, 0.2) is 0 Å². The number of imide groups is 1. The maximum Gasteiger partial charge on any atom is 0.325 e. The third-order valence-electron chi connectivity index (χ3n) is 3.70. The number of para-hydroxylation sites is 1. The van der Waals surface area contributed by atoms with Crippen LogP contribution < -0.4 is 5.32 Å². The topological polar surface area (TPSA) is 102 Å². The fourth-order valence-corrected chi connectivity index (χ4v) is 2.64. The van der Waals surface area contributed by atoms with Gasteiger partial charge >= 0.3 is 12.0 Å². The zero-order valence-electron chi connectivity index (χ0n) is 11.2. The summed E-state index contributed by atoms with van der Waals surface area (Å²) in [7, 11) is 0. The number of nitrogens with zero attached hydrogens (tertiary/aromatic N) is 1. The van der Waals surface area contributed by atoms with Crippen molar-refractivity contribution in [3.05, 3.63) is 36.0 Å². The summed E-state index contributed by atoms with van der Waals surface area (Å²) >= 11 is 0. The highest BCUT2D eigenvalue weighted by molar-refractivity contribution is 6.10. The van der Waals surface area contributed by atoms with Crippen molar-refractivity contribution in [2.75, 3.05) is 6.54 Å². The van der Waals surface area contributed by atoms with Crippen molar-refractivity contribution in [1.29, 1.82) is 0 Å². The molecule has 1 aliphatic rings. The van der Waals surface area contributed by atoms with Crippen LogP contribution in [0, 0.1) is 0 Å². The summed E-state index contributed by atoms with van der Waals surface area (Å²) in [6.07, 6.45) is 1.66. The van der Waals surface area contributed by atoms with Gasteiger partial charge in [-0.2, -0.15) is 0 Å². The predicted molar refractivity (Wildman–Crippen MR) is 73.5 cm³/mol. The van der Waals surface area contributed by atoms with E-state index in [0.29, 0.717) is 10.5 Å². The number of aliphatic carboxylic acids is 1. The number of aromatic amines is 1. The average molecular weight is 287 g/mol. The first-order valence-corrected chi connectivity index (χ1v) is 6.36. The normalized spacial score (nSPS) is 21.9. The Morgan fingerprint density at radius 2 is 2.05 bits per heavy atom. The number of aromatic nitrogens is 1. The lowest BCUT2D eigenvalue weighted by Crippen LogP contribution is -2.41. The molecule has 0 aliphatic carbocycles. The summed E-state index contributed by atoms with van der Waals surface area (Å²) in [6, 6.07) is 6.69. The number of hydrogen-bond acceptors (Lipinski definition) is 3. The van der Waals surface area contributed by atoms with E-state index < -0.39 is 30.0 Å². The first-order valence-electron chi connectivity index (χ1n) is 6.36. The summed E-state index contributed by atoms with van der Waals surface area (Å²) in [6.45, 7) is 0.924. The average Bonchev–Trinajstić information content (AvgIpc) is 2.95. The van der Waals surface area contributed by atoms with Crippen LogP contribution in [-0.2, 0) is 15.1 Å². The van der Waals surface area contributed by atoms with Crippen molar-refractivity contribution in [3.63, 3.8) is 0 Å². The van der Waals surface area contributed by atoms with Crippen LogP contribution in [0.5, 0.6) is 0 Å². The third-order valence-corrected chi connectivity index (χ3v) is 3.70. The number of fused-ring (bicyclic) bond motifs is 1. The number of benzene rings is 1. The number of rotatable bonds is 3. The molecule has 0 unspecified atom stereocenters. The molecule has 1 saturated heterocycles. The summed E-state index contributed by atoms with van der Waals surface area (Å²) in [4.78, 5) is 38.9. The number of carbonyl (C=O) groups excluding carboxylic acids is 2. The summed E-state index contributed by atoms with van der Waals surface area (Å²) in [5.74, 6) is -1.80. The Hall–Kier alpha value is -2.83. The molecular formula is C14H13N3O4. The van der Waals surface area contributed by atoms with Crippen molar-refractivity contribution in [2.24, 2.45) is 0 Å². The Morgan fingerprint density at radius 3 is 2.76 bits per heavy atom. The molecule has 3 amide bonds. The van der Waals surface area contributed by atoms with Crippen LogP contribution in [-0.4, -0.2) is 39.4 Å². The van der Waals surface area contributed by atoms with Crippen LogP contribution in [0.25, 0.3) is 10.9 Å². The van der Waals surface area contributed by atoms with E-state index in [1.165, 1.54) is 0 Å². The van der Waals surface area contributed by atoms with Crippen LogP contribution >= 0.6 is 0 Å². The number of H-pyrrole nitrogens is 1. The number of carboxylic acid groups (broad SMARTS) is 1. The highest BCUT2D eigenvalue weighted by Crippen LogP contribution is 2.33. The lowest BCUT2D eigenvalue weighted by Gasteiger charge is -2.21. The predicted octanol–water partition coefficient (Wildman–Crippen LogP) is 1.02. The van der Waals surface area contributed by atoms with E-state index in [-0.39, 0.29) is 0 Å². The molecule has 7 nitrogen and oxygen atoms in total. The fourth-order valence-electron chi connectivity index (χ4n) is 2.64. The Kier molecular flexibility index (Phi) is 2.72. The Balaban J connectivity index is 2.07. The number of carbonyl (C=O) groups is 3. The van der Waals surface area contributed by atoms with Crippen molar-refractivity contribution in [3.8, 4) is 0 Å². The van der Waals surface area contributed by atoms with E-state index in [2.05, 4.69) is 10.3 Å². The zero-order chi connectivity index (χ0) is 15.2. The molecule has 21 heavy (non-hydrogen) atoms. The molecule has 108 valence electrons. The summed E-state index contributed by atoms with van der Waals surface area (Å²) < 4.78 is 0. The number of nitrogens with one attached hydrogen (secondary N) is 2. The molecule has 3 N–H and O–H groups in total. The molecule has 2 aromatic rings. The molecule has 1 aromatic heterocycles. The molecule has 0 saturated carbocycles. The van der Waals surface area contributed by atoms with Crippen molar-refractivity contribution < 1.29 is 19.5 Å². The second-order valence-corrected chi connectivity index (χ2v) is 5.09. The van der Waals surface area contributed by atoms with Gasteiger partial charge in [-0.05, 0) is 13.0 Å². The van der Waals surface area contributed by atoms with E-state index in [1.807, 2.05) is 24.3 Å². The van der Waals surface area contributed by atoms with Gasteiger partial charge in [0.05, 0.1) is 0 Å². The molecule has 1 fully saturated rings. The van der Waals surface area contributed by atoms with Crippen molar-refractivity contribution in [2.45, 2.75) is 12.5 Å². The van der Waals surface area contributed by atoms with E-state index >= 15 is 0 Å². The maximum atomic E-state index is 12.5. The minimum atomic E-state index is -1.27. The molecule has 0 radical (unpaired) electrons. The Morgan fingerprint density at radius 1 is 1.33 bits per heavy atom. The molecule has 0 bridgehead atoms. The first-order chi connectivity index (χ1) is 9.93. The van der Waals surface area contributed by atoms with Crippen LogP contribution in [0.15, 0.2) is 30.5 Å². The molecule has 0 spiro atoms. The molecule has 2 heterocycles. The van der Waals surface area contributed by atoms with E-state index in [1.54, 1.807) is 13.1 Å². The van der Waals surface area contributed by atoms with Gasteiger partial charge < -0.3 is 15.4 Å². The lowest BCUT2D eigenvalue weighted by molar-refractivity contribution is -0.142. The number of amides is 3. The van der Waals surface area contributed by atoms with Gasteiger partial charge in [0.2, 0.25) is 0 Å². The van der Waals surface area contributed by atoms with Crippen LogP contribution in [0.1, 0.15) is 12.5 Å². The molecule has 7 heteroatoms. The Bertz CT molecular complexity index is 766. The maximum absolute atomic E-state index is 12.5. The number of urea groups is 1. The van der Waals surface area contributed by atoms with Crippen LogP contribution in [0.3, 0.4) is 0 Å². The summed E-state index contributed by atoms with van der Waals surface area (Å²) in [5, 5.41) is 12.2. The quantitative estimate of drug-likeness (QED) is 0.733. The third kappa shape index (κ3) is 1.85. The Labute approximate surface area is 119 Å². The van der Waals surface area contributed by atoms with Gasteiger partial charge in [-0.3, -0.25) is 14.5 Å². The second kappa shape index (κ2) is 4.34. The molecule has 3 rings (SSSR count). The van der Waals surface area contributed by atoms with Crippen LogP contribution in [0.2, 0.25) is 0 Å². The van der Waals surface area contributed by atoms with Gasteiger partial charge in [0.25, 0.3) is 5.91 Å². The van der Waals surface area contributed by atoms with Crippen molar-refractivity contribution in [1.82, 2.24) is 15.2 Å². The summed E-state index contributed by atoms with van der Waals surface area (Å²) in [5.41, 5.74) is 0.184. The van der Waals surface area contributed by atoms with Gasteiger partial charge in [-0.25, -0.2) is 4.79 Å². The minimum absolute atomic E-state index is 0.570. The molecule has 1 atom stereocenters. The van der Waals surface area contributed by atoms with Gasteiger partial charge in [0, 0.05) is 22.7 Å². The smallest absolute Gasteiger partial charge is 0.325 e. The SMILES string of the molecule is C[C@]1(c2c[nH]c3ccccc23)NC(=O)N(CC(=O)O)C1=O. The molecule has 1 aliphatic heterocycles. The lowest BCUT2D eigenvalue weighted by atomic mass is 9.91. The number of carboxylic acids is 1. The largest absolute Gasteiger partial charge is 0.480 e. The molecule has 1 aromatic carbocycles. The zero-order valence-corrected chi connectivity index (χ0v) is 11.2. The van der Waals surface area contributed by atoms with Gasteiger partial charge in [-0.1, -0.05) is 18.2 Å². The first kappa shape index (κ1) is 13.2. The van der Waals surface area contributed by atoms with Gasteiger partial charge in [-0.15, -0.1) is 0 Å². The number of hydrogen-bond donors (Lipinski definition) is 3. The minimum Gasteiger partial charge on any atom is -0.480 e. The van der Waals surface area contributed by atoms with Gasteiger partial charge in [0.1, 0.15) is 12.1 Å². The van der Waals surface area contributed by atoms with E-state index in [9.17, 15) is 14.4 Å². The highest BCUT2D eigenvalue weighted by Gasteiger charge is 2.50. The molecular weight excluding hydrogens is 274 g/mol. The van der Waals surface area contributed by atoms with E-state index in [0.717, 1.165) is 10.9 Å². The van der Waals surface area contributed by atoms with E-state index in [4.69, 9.17) is 5.11 Å². The standard InChI is InChI=1S/C14H13N3O4/c1-14(9-6-15-10-5-3-2-4-8(9)10)12(20)17(7-11(18)19)13(21)16-14/h2-6,15H,7H2,1H3,(H,16,21)(H,18,19)/t14-/m1/s1. The second-order valence-electron chi connectivity index (χ2n) is 5.09. The van der Waals surface area contributed by atoms with Crippen LogP contribution in [0.4, 0.5) is 4.79 Å². The highest BCUT2D eigenvalue weighted by atomic mass is 16.4.